The van der Waals surface area contributed by atoms with E-state index in [1.807, 2.05) is 0 Å². The van der Waals surface area contributed by atoms with Crippen molar-refractivity contribution in [2.45, 2.75) is 24.9 Å². The molecule has 0 bridgehead atoms. The van der Waals surface area contributed by atoms with Crippen molar-refractivity contribution in [1.29, 1.82) is 0 Å². The molecule has 1 fully saturated rings. The van der Waals surface area contributed by atoms with Crippen LogP contribution in [0.15, 0.2) is 18.2 Å². The molecular formula is C13H16N2O5. The van der Waals surface area contributed by atoms with Crippen molar-refractivity contribution < 1.29 is 19.2 Å². The van der Waals surface area contributed by atoms with Crippen LogP contribution in [-0.4, -0.2) is 31.1 Å². The molecule has 0 aliphatic carbocycles. The Labute approximate surface area is 116 Å². The van der Waals surface area contributed by atoms with Gasteiger partial charge >= 0.3 is 0 Å². The maximum Gasteiger partial charge on any atom is 0.237 e. The number of nitro groups is 1. The predicted octanol–water partition coefficient (Wildman–Crippen LogP) is 1.30. The van der Waals surface area contributed by atoms with Crippen LogP contribution >= 0.6 is 0 Å². The number of amides is 1. The smallest absolute Gasteiger partial charge is 0.237 e. The summed E-state index contributed by atoms with van der Waals surface area (Å²) in [6.07, 6.45) is 0.410. The lowest BCUT2D eigenvalue weighted by Crippen LogP contribution is -2.45. The van der Waals surface area contributed by atoms with Crippen molar-refractivity contribution in [3.05, 3.63) is 33.9 Å². The molecule has 0 spiro atoms. The summed E-state index contributed by atoms with van der Waals surface area (Å²) in [7, 11) is 3.01. The second kappa shape index (κ2) is 5.77. The first kappa shape index (κ1) is 14.1. The van der Waals surface area contributed by atoms with Crippen LogP contribution < -0.4 is 14.8 Å². The van der Waals surface area contributed by atoms with Crippen LogP contribution in [0.5, 0.6) is 11.5 Å². The third kappa shape index (κ3) is 2.66. The van der Waals surface area contributed by atoms with E-state index in [1.165, 1.54) is 14.2 Å². The van der Waals surface area contributed by atoms with Gasteiger partial charge in [0.2, 0.25) is 11.9 Å². The van der Waals surface area contributed by atoms with E-state index < -0.39 is 12.1 Å². The number of hydrogen-bond acceptors (Lipinski definition) is 5. The van der Waals surface area contributed by atoms with Crippen molar-refractivity contribution in [2.24, 2.45) is 0 Å². The molecule has 2 atom stereocenters. The highest BCUT2D eigenvalue weighted by molar-refractivity contribution is 5.77. The Bertz CT molecular complexity index is 531. The first-order chi connectivity index (χ1) is 9.56. The third-order valence-corrected chi connectivity index (χ3v) is 3.41. The van der Waals surface area contributed by atoms with Gasteiger partial charge in [-0.15, -0.1) is 0 Å². The highest BCUT2D eigenvalue weighted by atomic mass is 16.6. The van der Waals surface area contributed by atoms with Gasteiger partial charge in [-0.05, 0) is 17.7 Å². The Morgan fingerprint density at radius 3 is 2.60 bits per heavy atom. The summed E-state index contributed by atoms with van der Waals surface area (Å²) in [4.78, 5) is 22.3. The molecule has 1 aliphatic heterocycles. The van der Waals surface area contributed by atoms with E-state index in [0.717, 1.165) is 0 Å². The Morgan fingerprint density at radius 1 is 1.30 bits per heavy atom. The van der Waals surface area contributed by atoms with Crippen LogP contribution in [-0.2, 0) is 4.79 Å². The van der Waals surface area contributed by atoms with Gasteiger partial charge in [-0.2, -0.15) is 0 Å². The standard InChI is InChI=1S/C13H16N2O5/c1-19-10-5-3-8(7-11(10)20-2)13-9(15(17)18)4-6-12(16)14-13/h3,5,7,9,13H,4,6H2,1-2H3,(H,14,16)/t9-,13-/m1/s1. The number of nitrogens with zero attached hydrogens (tertiary/aromatic N) is 1. The maximum atomic E-state index is 11.5. The van der Waals surface area contributed by atoms with Crippen LogP contribution in [0.4, 0.5) is 0 Å². The highest BCUT2D eigenvalue weighted by Gasteiger charge is 2.38. The van der Waals surface area contributed by atoms with Gasteiger partial charge in [-0.1, -0.05) is 6.07 Å². The molecule has 1 aliphatic rings. The van der Waals surface area contributed by atoms with E-state index in [0.29, 0.717) is 17.1 Å². The second-order valence-electron chi connectivity index (χ2n) is 4.55. The number of carbonyl (C=O) groups is 1. The lowest BCUT2D eigenvalue weighted by atomic mass is 9.92. The zero-order chi connectivity index (χ0) is 14.7. The van der Waals surface area contributed by atoms with Crippen LogP contribution in [0.3, 0.4) is 0 Å². The lowest BCUT2D eigenvalue weighted by molar-refractivity contribution is -0.529. The fourth-order valence-corrected chi connectivity index (χ4v) is 2.37. The fraction of sp³-hybridized carbons (Fsp3) is 0.462. The summed E-state index contributed by atoms with van der Waals surface area (Å²) in [6.45, 7) is 0. The molecule has 0 radical (unpaired) electrons. The van der Waals surface area contributed by atoms with Crippen LogP contribution in [0.1, 0.15) is 24.4 Å². The number of methoxy groups -OCH3 is 2. The maximum absolute atomic E-state index is 11.5. The van der Waals surface area contributed by atoms with Gasteiger partial charge in [-0.3, -0.25) is 14.9 Å². The molecule has 1 N–H and O–H groups in total. The van der Waals surface area contributed by atoms with Crippen molar-refractivity contribution >= 4 is 5.91 Å². The summed E-state index contributed by atoms with van der Waals surface area (Å²) in [5, 5.41) is 13.8. The van der Waals surface area contributed by atoms with E-state index in [9.17, 15) is 14.9 Å². The van der Waals surface area contributed by atoms with Gasteiger partial charge in [0.15, 0.2) is 11.5 Å². The molecule has 0 saturated carbocycles. The number of piperidine rings is 1. The molecule has 0 aromatic heterocycles. The van der Waals surface area contributed by atoms with E-state index >= 15 is 0 Å². The fourth-order valence-electron chi connectivity index (χ4n) is 2.37. The molecule has 1 saturated heterocycles. The van der Waals surface area contributed by atoms with Crippen molar-refractivity contribution in [3.8, 4) is 11.5 Å². The summed E-state index contributed by atoms with van der Waals surface area (Å²) in [5.74, 6) is 0.839. The molecule has 1 heterocycles. The molecule has 0 unspecified atom stereocenters. The van der Waals surface area contributed by atoms with Gasteiger partial charge in [0, 0.05) is 17.8 Å². The molecule has 2 rings (SSSR count). The average Bonchev–Trinajstić information content (AvgIpc) is 2.46. The van der Waals surface area contributed by atoms with E-state index in [4.69, 9.17) is 9.47 Å². The van der Waals surface area contributed by atoms with Gasteiger partial charge in [0.25, 0.3) is 0 Å². The minimum absolute atomic E-state index is 0.176. The largest absolute Gasteiger partial charge is 0.493 e. The zero-order valence-corrected chi connectivity index (χ0v) is 11.3. The summed E-state index contributed by atoms with van der Waals surface area (Å²) < 4.78 is 10.3. The van der Waals surface area contributed by atoms with Gasteiger partial charge in [-0.25, -0.2) is 0 Å². The topological polar surface area (TPSA) is 90.7 Å². The highest BCUT2D eigenvalue weighted by Crippen LogP contribution is 2.33. The molecule has 7 nitrogen and oxygen atoms in total. The SMILES string of the molecule is COc1ccc([C@H]2NC(=O)CC[C@H]2[N+](=O)[O-])cc1OC. The summed E-state index contributed by atoms with van der Waals surface area (Å²) in [5.41, 5.74) is 0.636. The third-order valence-electron chi connectivity index (χ3n) is 3.41. The summed E-state index contributed by atoms with van der Waals surface area (Å²) in [6, 6.07) is 3.56. The van der Waals surface area contributed by atoms with Gasteiger partial charge in [0.1, 0.15) is 6.04 Å². The molecular weight excluding hydrogens is 264 g/mol. The monoisotopic (exact) mass is 280 g/mol. The first-order valence-electron chi connectivity index (χ1n) is 6.21. The molecule has 1 aromatic rings. The number of hydrogen-bond donors (Lipinski definition) is 1. The number of ether oxygens (including phenoxy) is 2. The molecule has 1 aromatic carbocycles. The number of nitrogens with one attached hydrogen (secondary N) is 1. The van der Waals surface area contributed by atoms with Crippen LogP contribution in [0, 0.1) is 10.1 Å². The molecule has 108 valence electrons. The quantitative estimate of drug-likeness (QED) is 0.663. The zero-order valence-electron chi connectivity index (χ0n) is 11.3. The van der Waals surface area contributed by atoms with Crippen LogP contribution in [0.2, 0.25) is 0 Å². The Hall–Kier alpha value is -2.31. The van der Waals surface area contributed by atoms with E-state index in [2.05, 4.69) is 5.32 Å². The van der Waals surface area contributed by atoms with E-state index in [1.54, 1.807) is 18.2 Å². The Morgan fingerprint density at radius 2 is 2.00 bits per heavy atom. The predicted molar refractivity (Wildman–Crippen MR) is 70.4 cm³/mol. The molecule has 7 heteroatoms. The molecule has 20 heavy (non-hydrogen) atoms. The van der Waals surface area contributed by atoms with Gasteiger partial charge < -0.3 is 14.8 Å². The first-order valence-corrected chi connectivity index (χ1v) is 6.21. The van der Waals surface area contributed by atoms with Gasteiger partial charge in [0.05, 0.1) is 14.2 Å². The summed E-state index contributed by atoms with van der Waals surface area (Å²) >= 11 is 0. The Kier molecular flexibility index (Phi) is 4.07. The van der Waals surface area contributed by atoms with Crippen molar-refractivity contribution in [1.82, 2.24) is 5.32 Å². The minimum atomic E-state index is -0.828. The number of rotatable bonds is 4. The average molecular weight is 280 g/mol. The van der Waals surface area contributed by atoms with Crippen molar-refractivity contribution in [2.75, 3.05) is 14.2 Å². The van der Waals surface area contributed by atoms with Crippen LogP contribution in [0.25, 0.3) is 0 Å². The second-order valence-corrected chi connectivity index (χ2v) is 4.55. The Balaban J connectivity index is 2.36. The minimum Gasteiger partial charge on any atom is -0.493 e. The number of benzene rings is 1. The van der Waals surface area contributed by atoms with E-state index in [-0.39, 0.29) is 23.7 Å². The lowest BCUT2D eigenvalue weighted by Gasteiger charge is -2.27. The number of carbonyl (C=O) groups excluding carboxylic acids is 1. The van der Waals surface area contributed by atoms with Crippen molar-refractivity contribution in [3.63, 3.8) is 0 Å². The molecule has 1 amide bonds. The normalized spacial score (nSPS) is 22.0.